The minimum absolute atomic E-state index is 0.356. The normalized spacial score (nSPS) is 9.85. The Morgan fingerprint density at radius 1 is 1.62 bits per heavy atom. The Labute approximate surface area is 74.3 Å². The van der Waals surface area contributed by atoms with Gasteiger partial charge in [0, 0.05) is 23.3 Å². The van der Waals surface area contributed by atoms with E-state index in [1.807, 2.05) is 12.1 Å². The summed E-state index contributed by atoms with van der Waals surface area (Å²) in [5.41, 5.74) is 1.78. The highest BCUT2D eigenvalue weighted by atomic mass is 16.1. The second kappa shape index (κ2) is 3.21. The van der Waals surface area contributed by atoms with Gasteiger partial charge in [-0.3, -0.25) is 0 Å². The number of H-pyrrole nitrogens is 1. The number of nitrogens with one attached hydrogen (secondary N) is 1. The fourth-order valence-electron chi connectivity index (χ4n) is 1.26. The van der Waals surface area contributed by atoms with Crippen molar-refractivity contribution >= 4 is 17.1 Å². The van der Waals surface area contributed by atoms with Crippen molar-refractivity contribution in [3.8, 4) is 0 Å². The molecule has 0 saturated heterocycles. The topological polar surface area (TPSA) is 58.1 Å². The highest BCUT2D eigenvalue weighted by Gasteiger charge is 2.01. The van der Waals surface area contributed by atoms with E-state index in [9.17, 15) is 4.79 Å². The standard InChI is InChI=1S/C9H7N3O/c13-6-10-4-7-5-12-9-8(7)2-1-3-11-9/h1-3,5H,4H2,(H,11,12). The van der Waals surface area contributed by atoms with Gasteiger partial charge < -0.3 is 4.98 Å². The molecule has 2 rings (SSSR count). The second-order valence-electron chi connectivity index (χ2n) is 2.62. The summed E-state index contributed by atoms with van der Waals surface area (Å²) in [5.74, 6) is 0. The van der Waals surface area contributed by atoms with Crippen LogP contribution in [0.4, 0.5) is 0 Å². The lowest BCUT2D eigenvalue weighted by atomic mass is 10.2. The minimum atomic E-state index is 0.356. The van der Waals surface area contributed by atoms with Crippen molar-refractivity contribution in [2.45, 2.75) is 6.54 Å². The van der Waals surface area contributed by atoms with Gasteiger partial charge in [-0.1, -0.05) is 0 Å². The van der Waals surface area contributed by atoms with E-state index in [4.69, 9.17) is 0 Å². The van der Waals surface area contributed by atoms with E-state index >= 15 is 0 Å². The van der Waals surface area contributed by atoms with Crippen LogP contribution in [-0.4, -0.2) is 16.0 Å². The lowest BCUT2D eigenvalue weighted by Gasteiger charge is -1.89. The zero-order valence-corrected chi connectivity index (χ0v) is 6.82. The fraction of sp³-hybridized carbons (Fsp3) is 0.111. The summed E-state index contributed by atoms with van der Waals surface area (Å²) in [4.78, 5) is 20.5. The van der Waals surface area contributed by atoms with Gasteiger partial charge in [-0.15, -0.1) is 0 Å². The van der Waals surface area contributed by atoms with Gasteiger partial charge in [0.1, 0.15) is 5.65 Å². The SMILES string of the molecule is O=C=NCc1c[nH]c2ncccc12. The third kappa shape index (κ3) is 1.35. The predicted octanol–water partition coefficient (Wildman–Crippen LogP) is 1.40. The number of aromatic amines is 1. The molecule has 2 aromatic rings. The second-order valence-corrected chi connectivity index (χ2v) is 2.62. The van der Waals surface area contributed by atoms with Gasteiger partial charge in [-0.05, 0) is 12.1 Å². The quantitative estimate of drug-likeness (QED) is 0.551. The lowest BCUT2D eigenvalue weighted by Crippen LogP contribution is -1.77. The van der Waals surface area contributed by atoms with Crippen molar-refractivity contribution in [2.24, 2.45) is 4.99 Å². The van der Waals surface area contributed by atoms with Gasteiger partial charge >= 0.3 is 0 Å². The summed E-state index contributed by atoms with van der Waals surface area (Å²) in [5, 5.41) is 1.00. The Morgan fingerprint density at radius 2 is 2.54 bits per heavy atom. The summed E-state index contributed by atoms with van der Waals surface area (Å²) in [6.45, 7) is 0.356. The number of carbonyl (C=O) groups excluding carboxylic acids is 1. The van der Waals surface area contributed by atoms with E-state index in [1.54, 1.807) is 12.4 Å². The molecule has 0 aliphatic heterocycles. The first-order valence-corrected chi connectivity index (χ1v) is 3.86. The van der Waals surface area contributed by atoms with Gasteiger partial charge in [0.25, 0.3) is 0 Å². The van der Waals surface area contributed by atoms with Crippen LogP contribution in [0.3, 0.4) is 0 Å². The summed E-state index contributed by atoms with van der Waals surface area (Å²) in [6, 6.07) is 3.79. The number of rotatable bonds is 2. The number of aromatic nitrogens is 2. The van der Waals surface area contributed by atoms with Crippen LogP contribution in [0.2, 0.25) is 0 Å². The van der Waals surface area contributed by atoms with Crippen molar-refractivity contribution in [3.63, 3.8) is 0 Å². The molecule has 0 aliphatic rings. The number of hydrogen-bond donors (Lipinski definition) is 1. The maximum absolute atomic E-state index is 9.92. The molecule has 4 heteroatoms. The van der Waals surface area contributed by atoms with Crippen molar-refractivity contribution in [3.05, 3.63) is 30.1 Å². The number of nitrogens with zero attached hydrogens (tertiary/aromatic N) is 2. The predicted molar refractivity (Wildman–Crippen MR) is 47.9 cm³/mol. The van der Waals surface area contributed by atoms with Crippen LogP contribution in [0.25, 0.3) is 11.0 Å². The molecular weight excluding hydrogens is 166 g/mol. The van der Waals surface area contributed by atoms with Crippen LogP contribution >= 0.6 is 0 Å². The molecule has 0 aliphatic carbocycles. The van der Waals surface area contributed by atoms with E-state index in [0.717, 1.165) is 16.6 Å². The summed E-state index contributed by atoms with van der Waals surface area (Å²) < 4.78 is 0. The maximum Gasteiger partial charge on any atom is 0.235 e. The van der Waals surface area contributed by atoms with E-state index in [0.29, 0.717) is 6.54 Å². The molecule has 0 fully saturated rings. The Bertz CT molecular complexity index is 468. The molecule has 0 bridgehead atoms. The van der Waals surface area contributed by atoms with Crippen LogP contribution in [-0.2, 0) is 11.3 Å². The van der Waals surface area contributed by atoms with Crippen molar-refractivity contribution in [1.29, 1.82) is 0 Å². The molecule has 0 atom stereocenters. The lowest BCUT2D eigenvalue weighted by molar-refractivity contribution is 0.563. The molecule has 0 amide bonds. The average Bonchev–Trinajstić information content (AvgIpc) is 2.58. The molecule has 13 heavy (non-hydrogen) atoms. The van der Waals surface area contributed by atoms with Gasteiger partial charge in [0.2, 0.25) is 6.08 Å². The summed E-state index contributed by atoms with van der Waals surface area (Å²) >= 11 is 0. The number of fused-ring (bicyclic) bond motifs is 1. The first-order valence-electron chi connectivity index (χ1n) is 3.86. The third-order valence-corrected chi connectivity index (χ3v) is 1.85. The average molecular weight is 173 g/mol. The molecule has 2 heterocycles. The number of hydrogen-bond acceptors (Lipinski definition) is 3. The Hall–Kier alpha value is -1.93. The Morgan fingerprint density at radius 3 is 3.38 bits per heavy atom. The van der Waals surface area contributed by atoms with Gasteiger partial charge in [-0.2, -0.15) is 0 Å². The Balaban J connectivity index is 2.51. The monoisotopic (exact) mass is 173 g/mol. The largest absolute Gasteiger partial charge is 0.346 e. The molecule has 1 N–H and O–H groups in total. The van der Waals surface area contributed by atoms with Gasteiger partial charge in [-0.25, -0.2) is 14.8 Å². The molecule has 2 aromatic heterocycles. The van der Waals surface area contributed by atoms with E-state index in [1.165, 1.54) is 6.08 Å². The van der Waals surface area contributed by atoms with E-state index in [-0.39, 0.29) is 0 Å². The van der Waals surface area contributed by atoms with Crippen LogP contribution < -0.4 is 0 Å². The number of isocyanates is 1. The highest BCUT2D eigenvalue weighted by Crippen LogP contribution is 2.15. The first-order chi connectivity index (χ1) is 6.42. The van der Waals surface area contributed by atoms with Crippen molar-refractivity contribution in [1.82, 2.24) is 9.97 Å². The van der Waals surface area contributed by atoms with Crippen LogP contribution in [0, 0.1) is 0 Å². The van der Waals surface area contributed by atoms with Gasteiger partial charge in [0.15, 0.2) is 0 Å². The van der Waals surface area contributed by atoms with Crippen LogP contribution in [0.5, 0.6) is 0 Å². The van der Waals surface area contributed by atoms with Gasteiger partial charge in [0.05, 0.1) is 6.54 Å². The molecule has 0 radical (unpaired) electrons. The molecule has 0 aromatic carbocycles. The Kier molecular flexibility index (Phi) is 1.90. The smallest absolute Gasteiger partial charge is 0.235 e. The zero-order valence-electron chi connectivity index (χ0n) is 6.82. The number of aliphatic imine (C=N–C) groups is 1. The van der Waals surface area contributed by atoms with E-state index in [2.05, 4.69) is 15.0 Å². The molecule has 0 spiro atoms. The third-order valence-electron chi connectivity index (χ3n) is 1.85. The fourth-order valence-corrected chi connectivity index (χ4v) is 1.26. The summed E-state index contributed by atoms with van der Waals surface area (Å²) in [7, 11) is 0. The number of pyridine rings is 1. The highest BCUT2D eigenvalue weighted by molar-refractivity contribution is 5.79. The molecule has 0 unspecified atom stereocenters. The van der Waals surface area contributed by atoms with Crippen molar-refractivity contribution in [2.75, 3.05) is 0 Å². The van der Waals surface area contributed by atoms with Crippen LogP contribution in [0.1, 0.15) is 5.56 Å². The first kappa shape index (κ1) is 7.71. The molecule has 0 saturated carbocycles. The van der Waals surface area contributed by atoms with Crippen molar-refractivity contribution < 1.29 is 4.79 Å². The minimum Gasteiger partial charge on any atom is -0.346 e. The summed E-state index contributed by atoms with van der Waals surface area (Å²) in [6.07, 6.45) is 5.03. The van der Waals surface area contributed by atoms with Crippen LogP contribution in [0.15, 0.2) is 29.5 Å². The molecule has 64 valence electrons. The maximum atomic E-state index is 9.92. The molecular formula is C9H7N3O. The zero-order chi connectivity index (χ0) is 9.10. The molecule has 4 nitrogen and oxygen atoms in total. The van der Waals surface area contributed by atoms with E-state index < -0.39 is 0 Å².